The van der Waals surface area contributed by atoms with Gasteiger partial charge < -0.3 is 10.1 Å². The first-order valence-corrected chi connectivity index (χ1v) is 7.04. The van der Waals surface area contributed by atoms with Crippen molar-refractivity contribution in [2.75, 3.05) is 44.7 Å². The predicted molar refractivity (Wildman–Crippen MR) is 76.6 cm³/mol. The van der Waals surface area contributed by atoms with Crippen molar-refractivity contribution in [2.45, 2.75) is 26.7 Å². The second-order valence-corrected chi connectivity index (χ2v) is 5.29. The largest absolute Gasteiger partial charge is 0.379 e. The van der Waals surface area contributed by atoms with E-state index in [0.29, 0.717) is 5.92 Å². The Morgan fingerprint density at radius 3 is 2.74 bits per heavy atom. The summed E-state index contributed by atoms with van der Waals surface area (Å²) in [4.78, 5) is 11.4. The maximum absolute atomic E-state index is 5.34. The molecule has 1 saturated heterocycles. The fourth-order valence-corrected chi connectivity index (χ4v) is 2.11. The Morgan fingerprint density at radius 1 is 1.32 bits per heavy atom. The molecule has 0 atom stereocenters. The average Bonchev–Trinajstić information content (AvgIpc) is 2.39. The molecule has 19 heavy (non-hydrogen) atoms. The van der Waals surface area contributed by atoms with Crippen LogP contribution in [-0.4, -0.2) is 54.3 Å². The van der Waals surface area contributed by atoms with Gasteiger partial charge in [0.2, 0.25) is 0 Å². The lowest BCUT2D eigenvalue weighted by Gasteiger charge is -2.26. The molecule has 2 heterocycles. The summed E-state index contributed by atoms with van der Waals surface area (Å²) in [5, 5.41) is 3.39. The van der Waals surface area contributed by atoms with Gasteiger partial charge in [-0.1, -0.05) is 13.8 Å². The van der Waals surface area contributed by atoms with Crippen LogP contribution in [0.15, 0.2) is 6.07 Å². The Kier molecular flexibility index (Phi) is 5.10. The van der Waals surface area contributed by atoms with E-state index < -0.39 is 0 Å². The number of nitrogens with zero attached hydrogens (tertiary/aromatic N) is 3. The van der Waals surface area contributed by atoms with Crippen LogP contribution in [0.1, 0.15) is 31.3 Å². The molecule has 1 aromatic heterocycles. The highest BCUT2D eigenvalue weighted by Gasteiger charge is 2.10. The summed E-state index contributed by atoms with van der Waals surface area (Å²) in [6.45, 7) is 12.0. The van der Waals surface area contributed by atoms with Crippen molar-refractivity contribution in [3.63, 3.8) is 0 Å². The minimum atomic E-state index is 0.361. The molecular weight excluding hydrogens is 240 g/mol. The first-order chi connectivity index (χ1) is 9.15. The number of nitrogens with one attached hydrogen (secondary N) is 1. The van der Waals surface area contributed by atoms with Gasteiger partial charge in [-0.3, -0.25) is 4.90 Å². The van der Waals surface area contributed by atoms with Crippen LogP contribution in [0.25, 0.3) is 0 Å². The van der Waals surface area contributed by atoms with E-state index in [2.05, 4.69) is 34.0 Å². The second-order valence-electron chi connectivity index (χ2n) is 5.29. The molecule has 0 bridgehead atoms. The van der Waals surface area contributed by atoms with Crippen molar-refractivity contribution in [3.05, 3.63) is 17.6 Å². The third kappa shape index (κ3) is 4.44. The predicted octanol–water partition coefficient (Wildman–Crippen LogP) is 1.65. The van der Waals surface area contributed by atoms with Crippen LogP contribution in [0.5, 0.6) is 0 Å². The molecule has 1 fully saturated rings. The number of anilines is 1. The Labute approximate surface area is 115 Å². The van der Waals surface area contributed by atoms with Crippen molar-refractivity contribution in [3.8, 4) is 0 Å². The molecule has 0 spiro atoms. The van der Waals surface area contributed by atoms with Crippen LogP contribution in [0.2, 0.25) is 0 Å². The summed E-state index contributed by atoms with van der Waals surface area (Å²) in [5.41, 5.74) is 1.02. The molecule has 1 aliphatic rings. The van der Waals surface area contributed by atoms with Gasteiger partial charge in [-0.15, -0.1) is 0 Å². The Hall–Kier alpha value is -1.20. The highest BCUT2D eigenvalue weighted by atomic mass is 16.5. The van der Waals surface area contributed by atoms with Crippen molar-refractivity contribution >= 4 is 5.82 Å². The van der Waals surface area contributed by atoms with E-state index in [1.165, 1.54) is 0 Å². The van der Waals surface area contributed by atoms with Crippen LogP contribution in [-0.2, 0) is 4.74 Å². The molecule has 5 heteroatoms. The Bertz CT molecular complexity index is 402. The smallest absolute Gasteiger partial charge is 0.133 e. The quantitative estimate of drug-likeness (QED) is 0.876. The summed E-state index contributed by atoms with van der Waals surface area (Å²) in [7, 11) is 0. The van der Waals surface area contributed by atoms with Gasteiger partial charge in [-0.25, -0.2) is 9.97 Å². The summed E-state index contributed by atoms with van der Waals surface area (Å²) in [6.07, 6.45) is 0. The third-order valence-electron chi connectivity index (χ3n) is 3.23. The normalized spacial score (nSPS) is 16.8. The maximum atomic E-state index is 5.34. The van der Waals surface area contributed by atoms with Gasteiger partial charge in [0.05, 0.1) is 13.2 Å². The first kappa shape index (κ1) is 14.2. The van der Waals surface area contributed by atoms with E-state index in [9.17, 15) is 0 Å². The zero-order valence-electron chi connectivity index (χ0n) is 12.1. The Balaban J connectivity index is 1.84. The van der Waals surface area contributed by atoms with Crippen LogP contribution in [0, 0.1) is 6.92 Å². The molecule has 0 unspecified atom stereocenters. The third-order valence-corrected chi connectivity index (χ3v) is 3.23. The summed E-state index contributed by atoms with van der Waals surface area (Å²) in [6, 6.07) is 2.01. The first-order valence-electron chi connectivity index (χ1n) is 7.04. The number of hydrogen-bond donors (Lipinski definition) is 1. The van der Waals surface area contributed by atoms with Crippen molar-refractivity contribution < 1.29 is 4.74 Å². The van der Waals surface area contributed by atoms with Crippen LogP contribution in [0.3, 0.4) is 0 Å². The molecule has 0 aliphatic carbocycles. The van der Waals surface area contributed by atoms with Crippen molar-refractivity contribution in [2.24, 2.45) is 0 Å². The fraction of sp³-hybridized carbons (Fsp3) is 0.714. The SMILES string of the molecule is Cc1cc(NCCN2CCOCC2)nc(C(C)C)n1. The van der Waals surface area contributed by atoms with E-state index in [4.69, 9.17) is 4.74 Å². The second kappa shape index (κ2) is 6.82. The number of morpholine rings is 1. The molecular formula is C14H24N4O. The zero-order chi connectivity index (χ0) is 13.7. The highest BCUT2D eigenvalue weighted by Crippen LogP contribution is 2.13. The minimum absolute atomic E-state index is 0.361. The van der Waals surface area contributed by atoms with Gasteiger partial charge in [0.1, 0.15) is 11.6 Å². The summed E-state index contributed by atoms with van der Waals surface area (Å²) < 4.78 is 5.34. The van der Waals surface area contributed by atoms with Gasteiger partial charge >= 0.3 is 0 Å². The van der Waals surface area contributed by atoms with E-state index in [0.717, 1.165) is 56.7 Å². The zero-order valence-corrected chi connectivity index (χ0v) is 12.1. The average molecular weight is 264 g/mol. The molecule has 0 radical (unpaired) electrons. The van der Waals surface area contributed by atoms with Crippen molar-refractivity contribution in [1.29, 1.82) is 0 Å². The van der Waals surface area contributed by atoms with Gasteiger partial charge in [-0.2, -0.15) is 0 Å². The van der Waals surface area contributed by atoms with Gasteiger partial charge in [0.15, 0.2) is 0 Å². The lowest BCUT2D eigenvalue weighted by atomic mass is 10.2. The molecule has 0 aromatic carbocycles. The maximum Gasteiger partial charge on any atom is 0.133 e. The summed E-state index contributed by atoms with van der Waals surface area (Å²) in [5.74, 6) is 2.21. The highest BCUT2D eigenvalue weighted by molar-refractivity contribution is 5.36. The lowest BCUT2D eigenvalue weighted by Crippen LogP contribution is -2.39. The van der Waals surface area contributed by atoms with E-state index >= 15 is 0 Å². The molecule has 0 saturated carbocycles. The van der Waals surface area contributed by atoms with E-state index in [1.54, 1.807) is 0 Å². The molecule has 106 valence electrons. The summed E-state index contributed by atoms with van der Waals surface area (Å²) >= 11 is 0. The van der Waals surface area contributed by atoms with Crippen LogP contribution >= 0.6 is 0 Å². The van der Waals surface area contributed by atoms with E-state index in [1.807, 2.05) is 13.0 Å². The number of hydrogen-bond acceptors (Lipinski definition) is 5. The van der Waals surface area contributed by atoms with Gasteiger partial charge in [0.25, 0.3) is 0 Å². The topological polar surface area (TPSA) is 50.3 Å². The number of aromatic nitrogens is 2. The standard InChI is InChI=1S/C14H24N4O/c1-11(2)14-16-12(3)10-13(17-14)15-4-5-18-6-8-19-9-7-18/h10-11H,4-9H2,1-3H3,(H,15,16,17). The number of rotatable bonds is 5. The number of ether oxygens (including phenoxy) is 1. The lowest BCUT2D eigenvalue weighted by molar-refractivity contribution is 0.0398. The van der Waals surface area contributed by atoms with Gasteiger partial charge in [-0.05, 0) is 6.92 Å². The fourth-order valence-electron chi connectivity index (χ4n) is 2.11. The molecule has 1 aliphatic heterocycles. The van der Waals surface area contributed by atoms with Crippen LogP contribution in [0.4, 0.5) is 5.82 Å². The molecule has 1 aromatic rings. The Morgan fingerprint density at radius 2 is 2.05 bits per heavy atom. The molecule has 0 amide bonds. The van der Waals surface area contributed by atoms with Crippen molar-refractivity contribution in [1.82, 2.24) is 14.9 Å². The number of aryl methyl sites for hydroxylation is 1. The minimum Gasteiger partial charge on any atom is -0.379 e. The van der Waals surface area contributed by atoms with Gasteiger partial charge in [0, 0.05) is 43.9 Å². The molecule has 1 N–H and O–H groups in total. The monoisotopic (exact) mass is 264 g/mol. The molecule has 2 rings (SSSR count). The van der Waals surface area contributed by atoms with E-state index in [-0.39, 0.29) is 0 Å². The van der Waals surface area contributed by atoms with Crippen LogP contribution < -0.4 is 5.32 Å². The molecule has 5 nitrogen and oxygen atoms in total.